The fourth-order valence-corrected chi connectivity index (χ4v) is 3.23. The van der Waals surface area contributed by atoms with E-state index in [4.69, 9.17) is 5.73 Å². The molecule has 1 aromatic rings. The lowest BCUT2D eigenvalue weighted by Crippen LogP contribution is -2.42. The Morgan fingerprint density at radius 2 is 2.16 bits per heavy atom. The van der Waals surface area contributed by atoms with E-state index < -0.39 is 11.9 Å². The molecule has 1 aliphatic rings. The van der Waals surface area contributed by atoms with Gasteiger partial charge in [-0.15, -0.1) is 23.7 Å². The van der Waals surface area contributed by atoms with Crippen molar-refractivity contribution in [3.05, 3.63) is 15.6 Å². The Morgan fingerprint density at radius 1 is 1.47 bits per heavy atom. The third-order valence-electron chi connectivity index (χ3n) is 2.98. The summed E-state index contributed by atoms with van der Waals surface area (Å²) in [6, 6.07) is 0.0714. The van der Waals surface area contributed by atoms with Gasteiger partial charge in [-0.2, -0.15) is 13.2 Å². The first kappa shape index (κ1) is 16.7. The molecule has 1 unspecified atom stereocenters. The Hall–Kier alpha value is -0.370. The number of piperidine rings is 1. The number of halogens is 4. The zero-order valence-corrected chi connectivity index (χ0v) is 12.2. The van der Waals surface area contributed by atoms with Crippen LogP contribution in [0.5, 0.6) is 0 Å². The standard InChI is InChI=1S/C11H16F3N3S.ClH/c1-7-16-10(11(12,13)14)9(18-7)6-17-4-2-3-8(15)5-17;/h8H,2-6,15H2,1H3;1H. The number of thiazole rings is 1. The topological polar surface area (TPSA) is 42.2 Å². The molecule has 0 aliphatic carbocycles. The zero-order chi connectivity index (χ0) is 13.3. The maximum atomic E-state index is 12.8. The van der Waals surface area contributed by atoms with Gasteiger partial charge in [-0.3, -0.25) is 4.90 Å². The van der Waals surface area contributed by atoms with E-state index in [1.54, 1.807) is 6.92 Å². The molecule has 0 saturated carbocycles. The minimum atomic E-state index is -4.36. The van der Waals surface area contributed by atoms with Crippen LogP contribution in [0.25, 0.3) is 0 Å². The Labute approximate surface area is 120 Å². The van der Waals surface area contributed by atoms with Crippen molar-refractivity contribution in [2.24, 2.45) is 5.73 Å². The minimum Gasteiger partial charge on any atom is -0.327 e. The predicted molar refractivity (Wildman–Crippen MR) is 71.6 cm³/mol. The number of likely N-dealkylation sites (tertiary alicyclic amines) is 1. The van der Waals surface area contributed by atoms with Crippen LogP contribution in [0.4, 0.5) is 13.2 Å². The molecule has 2 N–H and O–H groups in total. The third-order valence-corrected chi connectivity index (χ3v) is 3.94. The molecular weight excluding hydrogens is 299 g/mol. The third kappa shape index (κ3) is 4.30. The van der Waals surface area contributed by atoms with Crippen LogP contribution in [0, 0.1) is 6.92 Å². The summed E-state index contributed by atoms with van der Waals surface area (Å²) in [5, 5.41) is 0.457. The number of hydrogen-bond donors (Lipinski definition) is 1. The van der Waals surface area contributed by atoms with Crippen LogP contribution in [0.1, 0.15) is 28.4 Å². The van der Waals surface area contributed by atoms with Crippen LogP contribution in [-0.4, -0.2) is 29.0 Å². The van der Waals surface area contributed by atoms with Gasteiger partial charge in [0.05, 0.1) is 9.88 Å². The van der Waals surface area contributed by atoms with E-state index in [0.29, 0.717) is 23.0 Å². The van der Waals surface area contributed by atoms with Gasteiger partial charge in [0.2, 0.25) is 0 Å². The van der Waals surface area contributed by atoms with Gasteiger partial charge in [0.25, 0.3) is 0 Å². The average molecular weight is 316 g/mol. The summed E-state index contributed by atoms with van der Waals surface area (Å²) in [5.41, 5.74) is 5.10. The number of hydrogen-bond acceptors (Lipinski definition) is 4. The Balaban J connectivity index is 0.00000180. The van der Waals surface area contributed by atoms with Gasteiger partial charge in [-0.05, 0) is 26.3 Å². The first-order valence-corrected chi connectivity index (χ1v) is 6.69. The molecule has 0 aromatic carbocycles. The zero-order valence-electron chi connectivity index (χ0n) is 10.5. The lowest BCUT2D eigenvalue weighted by atomic mass is 10.1. The van der Waals surface area contributed by atoms with Gasteiger partial charge in [0.1, 0.15) is 0 Å². The maximum Gasteiger partial charge on any atom is 0.434 e. The van der Waals surface area contributed by atoms with Crippen LogP contribution < -0.4 is 5.73 Å². The molecule has 3 nitrogen and oxygen atoms in total. The Morgan fingerprint density at radius 3 is 2.74 bits per heavy atom. The molecule has 1 aliphatic heterocycles. The maximum absolute atomic E-state index is 12.8. The molecule has 2 heterocycles. The summed E-state index contributed by atoms with van der Waals surface area (Å²) >= 11 is 1.12. The fraction of sp³-hybridized carbons (Fsp3) is 0.727. The summed E-state index contributed by atoms with van der Waals surface area (Å²) in [7, 11) is 0. The lowest BCUT2D eigenvalue weighted by Gasteiger charge is -2.30. The molecule has 1 saturated heterocycles. The van der Waals surface area contributed by atoms with Crippen molar-refractivity contribution >= 4 is 23.7 Å². The molecule has 0 bridgehead atoms. The number of nitrogens with two attached hydrogens (primary N) is 1. The van der Waals surface area contributed by atoms with Crippen LogP contribution in [0.15, 0.2) is 0 Å². The van der Waals surface area contributed by atoms with Crippen molar-refractivity contribution < 1.29 is 13.2 Å². The highest BCUT2D eigenvalue weighted by Crippen LogP contribution is 2.35. The molecule has 8 heteroatoms. The van der Waals surface area contributed by atoms with Crippen LogP contribution in [0.3, 0.4) is 0 Å². The first-order chi connectivity index (χ1) is 8.36. The molecule has 1 fully saturated rings. The van der Waals surface area contributed by atoms with Crippen molar-refractivity contribution in [3.63, 3.8) is 0 Å². The molecular formula is C11H17ClF3N3S. The minimum absolute atomic E-state index is 0. The van der Waals surface area contributed by atoms with Crippen LogP contribution >= 0.6 is 23.7 Å². The van der Waals surface area contributed by atoms with Gasteiger partial charge in [0.15, 0.2) is 5.69 Å². The first-order valence-electron chi connectivity index (χ1n) is 5.87. The number of alkyl halides is 3. The molecule has 1 aromatic heterocycles. The second kappa shape index (κ2) is 6.39. The van der Waals surface area contributed by atoms with Gasteiger partial charge >= 0.3 is 6.18 Å². The van der Waals surface area contributed by atoms with Gasteiger partial charge < -0.3 is 5.73 Å². The highest BCUT2D eigenvalue weighted by molar-refractivity contribution is 7.11. The predicted octanol–water partition coefficient (Wildman–Crippen LogP) is 2.82. The molecule has 2 rings (SSSR count). The van der Waals surface area contributed by atoms with Crippen molar-refractivity contribution in [3.8, 4) is 0 Å². The van der Waals surface area contributed by atoms with E-state index >= 15 is 0 Å². The smallest absolute Gasteiger partial charge is 0.327 e. The van der Waals surface area contributed by atoms with Gasteiger partial charge in [0, 0.05) is 19.1 Å². The summed E-state index contributed by atoms with van der Waals surface area (Å²) in [5.74, 6) is 0. The highest BCUT2D eigenvalue weighted by atomic mass is 35.5. The largest absolute Gasteiger partial charge is 0.434 e. The number of nitrogens with zero attached hydrogens (tertiary/aromatic N) is 2. The number of aryl methyl sites for hydroxylation is 1. The second-order valence-electron chi connectivity index (χ2n) is 4.64. The van der Waals surface area contributed by atoms with E-state index in [0.717, 1.165) is 30.7 Å². The monoisotopic (exact) mass is 315 g/mol. The lowest BCUT2D eigenvalue weighted by molar-refractivity contribution is -0.141. The van der Waals surface area contributed by atoms with E-state index in [-0.39, 0.29) is 18.4 Å². The average Bonchev–Trinajstić information content (AvgIpc) is 2.59. The van der Waals surface area contributed by atoms with Crippen molar-refractivity contribution in [1.82, 2.24) is 9.88 Å². The normalized spacial score (nSPS) is 21.2. The molecule has 0 amide bonds. The SMILES string of the molecule is Cc1nc(C(F)(F)F)c(CN2CCCC(N)C2)s1.Cl. The number of rotatable bonds is 2. The Bertz CT molecular complexity index is 422. The summed E-state index contributed by atoms with van der Waals surface area (Å²) in [4.78, 5) is 5.88. The quantitative estimate of drug-likeness (QED) is 0.912. The van der Waals surface area contributed by atoms with E-state index in [9.17, 15) is 13.2 Å². The van der Waals surface area contributed by atoms with E-state index in [1.165, 1.54) is 0 Å². The second-order valence-corrected chi connectivity index (χ2v) is 5.93. The summed E-state index contributed by atoms with van der Waals surface area (Å²) in [6.45, 7) is 3.37. The summed E-state index contributed by atoms with van der Waals surface area (Å²) in [6.07, 6.45) is -2.47. The molecule has 19 heavy (non-hydrogen) atoms. The van der Waals surface area contributed by atoms with Crippen LogP contribution in [0.2, 0.25) is 0 Å². The van der Waals surface area contributed by atoms with Gasteiger partial charge in [-0.25, -0.2) is 4.98 Å². The Kier molecular flexibility index (Phi) is 5.61. The molecule has 0 radical (unpaired) electrons. The molecule has 0 spiro atoms. The van der Waals surface area contributed by atoms with Crippen molar-refractivity contribution in [2.45, 2.75) is 38.5 Å². The number of aromatic nitrogens is 1. The van der Waals surface area contributed by atoms with E-state index in [2.05, 4.69) is 4.98 Å². The summed E-state index contributed by atoms with van der Waals surface area (Å²) < 4.78 is 38.4. The highest BCUT2D eigenvalue weighted by Gasteiger charge is 2.37. The van der Waals surface area contributed by atoms with Crippen molar-refractivity contribution in [2.75, 3.05) is 13.1 Å². The van der Waals surface area contributed by atoms with Gasteiger partial charge in [-0.1, -0.05) is 0 Å². The van der Waals surface area contributed by atoms with Crippen molar-refractivity contribution in [1.29, 1.82) is 0 Å². The molecule has 110 valence electrons. The van der Waals surface area contributed by atoms with E-state index in [1.807, 2.05) is 4.90 Å². The van der Waals surface area contributed by atoms with Crippen LogP contribution in [-0.2, 0) is 12.7 Å². The molecule has 1 atom stereocenters. The fourth-order valence-electron chi connectivity index (χ4n) is 2.24.